The van der Waals surface area contributed by atoms with Crippen LogP contribution in [-0.4, -0.2) is 35.4 Å². The number of halogens is 3. The van der Waals surface area contributed by atoms with E-state index in [0.29, 0.717) is 35.2 Å². The first-order valence-electron chi connectivity index (χ1n) is 11.9. The number of alkyl halides is 3. The number of aliphatic hydroxyl groups excluding tert-OH is 1. The van der Waals surface area contributed by atoms with Crippen LogP contribution in [0.1, 0.15) is 54.9 Å². The molecule has 4 rings (SSSR count). The third kappa shape index (κ3) is 5.36. The Morgan fingerprint density at radius 1 is 1.22 bits per heavy atom. The van der Waals surface area contributed by atoms with Gasteiger partial charge in [-0.1, -0.05) is 31.5 Å². The molecule has 1 aliphatic heterocycles. The van der Waals surface area contributed by atoms with Crippen LogP contribution in [0.5, 0.6) is 0 Å². The van der Waals surface area contributed by atoms with E-state index in [-0.39, 0.29) is 43.2 Å². The van der Waals surface area contributed by atoms with Gasteiger partial charge in [0.1, 0.15) is 6.10 Å². The molecule has 6 nitrogen and oxygen atoms in total. The standard InChI is InChI=1S/C27H27F3N2O4/c1-2-3-7-26(36)32-11-10-17(19-9-8-18(14-22(19)32)27(28,29)30)13-25(35)31-21-6-4-5-16-12-23(33)24(34)15-20(16)21/h4-6,8-9,13-14,24,34H,2-3,7,10-12,15H2,1H3,(H,31,35)/b17-13+. The normalized spacial score (nSPS) is 18.6. The number of nitrogens with one attached hydrogen (secondary N) is 1. The molecule has 190 valence electrons. The van der Waals surface area contributed by atoms with Crippen molar-refractivity contribution in [3.63, 3.8) is 0 Å². The van der Waals surface area contributed by atoms with Gasteiger partial charge in [-0.15, -0.1) is 0 Å². The van der Waals surface area contributed by atoms with Gasteiger partial charge in [-0.05, 0) is 47.7 Å². The summed E-state index contributed by atoms with van der Waals surface area (Å²) >= 11 is 0. The van der Waals surface area contributed by atoms with E-state index >= 15 is 0 Å². The average Bonchev–Trinajstić information content (AvgIpc) is 2.83. The maximum absolute atomic E-state index is 13.4. The lowest BCUT2D eigenvalue weighted by atomic mass is 9.87. The molecule has 1 heterocycles. The van der Waals surface area contributed by atoms with Crippen LogP contribution in [0.3, 0.4) is 0 Å². The number of benzene rings is 2. The predicted octanol–water partition coefficient (Wildman–Crippen LogP) is 4.68. The molecule has 2 aromatic carbocycles. The summed E-state index contributed by atoms with van der Waals surface area (Å²) in [5, 5.41) is 12.8. The van der Waals surface area contributed by atoms with E-state index in [1.54, 1.807) is 18.2 Å². The number of carbonyl (C=O) groups is 3. The summed E-state index contributed by atoms with van der Waals surface area (Å²) in [5.41, 5.74) is 2.11. The van der Waals surface area contributed by atoms with E-state index in [1.165, 1.54) is 17.0 Å². The zero-order valence-electron chi connectivity index (χ0n) is 19.8. The number of hydrogen-bond donors (Lipinski definition) is 2. The largest absolute Gasteiger partial charge is 0.416 e. The van der Waals surface area contributed by atoms with E-state index in [4.69, 9.17) is 0 Å². The van der Waals surface area contributed by atoms with E-state index in [2.05, 4.69) is 5.32 Å². The Balaban J connectivity index is 1.64. The monoisotopic (exact) mass is 500 g/mol. The lowest BCUT2D eigenvalue weighted by Gasteiger charge is -2.32. The van der Waals surface area contributed by atoms with E-state index in [0.717, 1.165) is 24.1 Å². The molecule has 1 atom stereocenters. The van der Waals surface area contributed by atoms with Gasteiger partial charge in [0.2, 0.25) is 11.8 Å². The fourth-order valence-corrected chi connectivity index (χ4v) is 4.66. The van der Waals surface area contributed by atoms with Crippen LogP contribution in [0.4, 0.5) is 24.5 Å². The topological polar surface area (TPSA) is 86.7 Å². The van der Waals surface area contributed by atoms with Crippen molar-refractivity contribution in [1.29, 1.82) is 0 Å². The number of amides is 2. The van der Waals surface area contributed by atoms with Gasteiger partial charge in [0.15, 0.2) is 5.78 Å². The van der Waals surface area contributed by atoms with E-state index in [1.807, 2.05) is 6.92 Å². The highest BCUT2D eigenvalue weighted by molar-refractivity contribution is 6.07. The third-order valence-electron chi connectivity index (χ3n) is 6.58. The van der Waals surface area contributed by atoms with Crippen molar-refractivity contribution in [2.75, 3.05) is 16.8 Å². The SMILES string of the molecule is CCCCC(=O)N1CC/C(=C\C(=O)Nc2cccc3c2CC(O)C(=O)C3)c2ccc(C(F)(F)F)cc21. The molecule has 0 aromatic heterocycles. The number of fused-ring (bicyclic) bond motifs is 2. The lowest BCUT2D eigenvalue weighted by Crippen LogP contribution is -2.35. The van der Waals surface area contributed by atoms with Crippen LogP contribution in [-0.2, 0) is 33.4 Å². The lowest BCUT2D eigenvalue weighted by molar-refractivity contribution is -0.137. The average molecular weight is 501 g/mol. The van der Waals surface area contributed by atoms with Gasteiger partial charge in [0, 0.05) is 43.1 Å². The Morgan fingerprint density at radius 3 is 2.72 bits per heavy atom. The summed E-state index contributed by atoms with van der Waals surface area (Å²) in [6.07, 6.45) is -2.21. The second-order valence-corrected chi connectivity index (χ2v) is 9.09. The zero-order chi connectivity index (χ0) is 26.0. The van der Waals surface area contributed by atoms with Crippen molar-refractivity contribution in [3.8, 4) is 0 Å². The minimum absolute atomic E-state index is 0.0815. The molecule has 36 heavy (non-hydrogen) atoms. The first kappa shape index (κ1) is 25.6. The van der Waals surface area contributed by atoms with Crippen LogP contribution in [0.25, 0.3) is 5.57 Å². The number of nitrogens with zero attached hydrogens (tertiary/aromatic N) is 1. The Labute approximate surface area is 206 Å². The van der Waals surface area contributed by atoms with Gasteiger partial charge < -0.3 is 15.3 Å². The van der Waals surface area contributed by atoms with Gasteiger partial charge in [0.25, 0.3) is 0 Å². The highest BCUT2D eigenvalue weighted by Crippen LogP contribution is 2.40. The van der Waals surface area contributed by atoms with E-state index in [9.17, 15) is 32.7 Å². The van der Waals surface area contributed by atoms with Crippen molar-refractivity contribution in [2.24, 2.45) is 0 Å². The molecule has 2 aliphatic rings. The fraction of sp³-hybridized carbons (Fsp3) is 0.370. The maximum Gasteiger partial charge on any atom is 0.416 e. The smallest absolute Gasteiger partial charge is 0.385 e. The summed E-state index contributed by atoms with van der Waals surface area (Å²) < 4.78 is 40.2. The second kappa shape index (κ2) is 10.3. The number of anilines is 2. The van der Waals surface area contributed by atoms with Crippen LogP contribution < -0.4 is 10.2 Å². The molecule has 0 fully saturated rings. The first-order valence-corrected chi connectivity index (χ1v) is 11.9. The molecule has 2 N–H and O–H groups in total. The molecule has 0 spiro atoms. The summed E-state index contributed by atoms with van der Waals surface area (Å²) in [4.78, 5) is 38.9. The molecule has 0 radical (unpaired) electrons. The quantitative estimate of drug-likeness (QED) is 0.584. The zero-order valence-corrected chi connectivity index (χ0v) is 19.8. The Kier molecular flexibility index (Phi) is 7.31. The molecule has 0 saturated carbocycles. The minimum Gasteiger partial charge on any atom is -0.385 e. The number of carbonyl (C=O) groups excluding carboxylic acids is 3. The van der Waals surface area contributed by atoms with Crippen molar-refractivity contribution in [1.82, 2.24) is 0 Å². The molecule has 0 bridgehead atoms. The molecule has 9 heteroatoms. The molecule has 2 amide bonds. The number of rotatable bonds is 5. The highest BCUT2D eigenvalue weighted by atomic mass is 19.4. The second-order valence-electron chi connectivity index (χ2n) is 9.09. The van der Waals surface area contributed by atoms with Crippen molar-refractivity contribution in [3.05, 3.63) is 64.7 Å². The van der Waals surface area contributed by atoms with Gasteiger partial charge in [-0.3, -0.25) is 14.4 Å². The van der Waals surface area contributed by atoms with Gasteiger partial charge >= 0.3 is 6.18 Å². The summed E-state index contributed by atoms with van der Waals surface area (Å²) in [6.45, 7) is 2.10. The molecule has 1 aliphatic carbocycles. The predicted molar refractivity (Wildman–Crippen MR) is 129 cm³/mol. The Bertz CT molecular complexity index is 1240. The van der Waals surface area contributed by atoms with Gasteiger partial charge in [0.05, 0.1) is 11.3 Å². The molecular weight excluding hydrogens is 473 g/mol. The summed E-state index contributed by atoms with van der Waals surface area (Å²) in [6, 6.07) is 8.39. The maximum atomic E-state index is 13.4. The van der Waals surface area contributed by atoms with Crippen LogP contribution >= 0.6 is 0 Å². The summed E-state index contributed by atoms with van der Waals surface area (Å²) in [5.74, 6) is -1.01. The minimum atomic E-state index is -4.57. The van der Waals surface area contributed by atoms with Crippen molar-refractivity contribution < 1.29 is 32.7 Å². The first-order chi connectivity index (χ1) is 17.1. The molecule has 0 saturated heterocycles. The number of Topliss-reactive ketones (excluding diaryl/α,β-unsaturated/α-hetero) is 1. The fourth-order valence-electron chi connectivity index (χ4n) is 4.66. The highest BCUT2D eigenvalue weighted by Gasteiger charge is 2.34. The van der Waals surface area contributed by atoms with Crippen molar-refractivity contribution >= 4 is 34.5 Å². The van der Waals surface area contributed by atoms with Gasteiger partial charge in [-0.2, -0.15) is 13.2 Å². The molecular formula is C27H27F3N2O4. The van der Waals surface area contributed by atoms with Crippen LogP contribution in [0, 0.1) is 0 Å². The Hall–Kier alpha value is -3.46. The van der Waals surface area contributed by atoms with Crippen LogP contribution in [0.2, 0.25) is 0 Å². The Morgan fingerprint density at radius 2 is 2.00 bits per heavy atom. The molecule has 1 unspecified atom stereocenters. The number of aliphatic hydroxyl groups is 1. The van der Waals surface area contributed by atoms with Crippen LogP contribution in [0.15, 0.2) is 42.5 Å². The third-order valence-corrected chi connectivity index (χ3v) is 6.58. The number of unbranched alkanes of at least 4 members (excludes halogenated alkanes) is 1. The van der Waals surface area contributed by atoms with Gasteiger partial charge in [-0.25, -0.2) is 0 Å². The number of hydrogen-bond acceptors (Lipinski definition) is 4. The summed E-state index contributed by atoms with van der Waals surface area (Å²) in [7, 11) is 0. The number of ketones is 1. The van der Waals surface area contributed by atoms with E-state index < -0.39 is 23.8 Å². The van der Waals surface area contributed by atoms with Crippen molar-refractivity contribution in [2.45, 2.75) is 57.7 Å². The molecule has 2 aromatic rings.